The average molecular weight is 524 g/mol. The van der Waals surface area contributed by atoms with Crippen molar-refractivity contribution in [3.63, 3.8) is 0 Å². The summed E-state index contributed by atoms with van der Waals surface area (Å²) in [5, 5.41) is 10.6. The Morgan fingerprint density at radius 2 is 1.69 bits per heavy atom. The first kappa shape index (κ1) is 20.1. The van der Waals surface area contributed by atoms with Gasteiger partial charge in [0.25, 0.3) is 0 Å². The molecule has 0 saturated heterocycles. The van der Waals surface area contributed by atoms with Crippen LogP contribution in [0.4, 0.5) is 0 Å². The molecule has 4 aromatic carbocycles. The van der Waals surface area contributed by atoms with Gasteiger partial charge in [0.2, 0.25) is 6.23 Å². The van der Waals surface area contributed by atoms with E-state index in [1.54, 1.807) is 6.07 Å². The number of ether oxygens (including phenoxy) is 1. The molecule has 0 fully saturated rings. The Hall–Kier alpha value is -2.53. The Bertz CT molecular complexity index is 1390. The Balaban J connectivity index is 1.47. The van der Waals surface area contributed by atoms with Crippen molar-refractivity contribution in [2.75, 3.05) is 0 Å². The summed E-state index contributed by atoms with van der Waals surface area (Å²) in [7, 11) is 0. The number of rotatable bonds is 2. The third-order valence-electron chi connectivity index (χ3n) is 6.05. The zero-order valence-electron chi connectivity index (χ0n) is 16.8. The summed E-state index contributed by atoms with van der Waals surface area (Å²) in [6.45, 7) is 0. The van der Waals surface area contributed by atoms with Gasteiger partial charge in [0.15, 0.2) is 0 Å². The molecular formula is C26H17BrCl2N2O. The van der Waals surface area contributed by atoms with Crippen molar-refractivity contribution in [3.8, 4) is 5.75 Å². The van der Waals surface area contributed by atoms with E-state index < -0.39 is 0 Å². The highest BCUT2D eigenvalue weighted by molar-refractivity contribution is 9.10. The largest absolute Gasteiger partial charge is 0.463 e. The molecule has 0 bridgehead atoms. The third-order valence-corrected chi connectivity index (χ3v) is 7.07. The highest BCUT2D eigenvalue weighted by Crippen LogP contribution is 2.50. The topological polar surface area (TPSA) is 24.8 Å². The summed E-state index contributed by atoms with van der Waals surface area (Å²) < 4.78 is 7.44. The van der Waals surface area contributed by atoms with E-state index in [2.05, 4.69) is 58.4 Å². The molecule has 2 atom stereocenters. The number of hydrazone groups is 1. The van der Waals surface area contributed by atoms with E-state index >= 15 is 0 Å². The van der Waals surface area contributed by atoms with Crippen LogP contribution in [0.1, 0.15) is 35.4 Å². The molecule has 6 heteroatoms. The minimum Gasteiger partial charge on any atom is -0.463 e. The second-order valence-electron chi connectivity index (χ2n) is 8.04. The number of hydrogen-bond donors (Lipinski definition) is 0. The predicted molar refractivity (Wildman–Crippen MR) is 134 cm³/mol. The van der Waals surface area contributed by atoms with Crippen molar-refractivity contribution in [2.24, 2.45) is 5.10 Å². The van der Waals surface area contributed by atoms with Gasteiger partial charge >= 0.3 is 0 Å². The van der Waals surface area contributed by atoms with Crippen LogP contribution in [0.5, 0.6) is 5.75 Å². The molecule has 32 heavy (non-hydrogen) atoms. The van der Waals surface area contributed by atoms with E-state index in [9.17, 15) is 0 Å². The molecule has 2 heterocycles. The van der Waals surface area contributed by atoms with Crippen LogP contribution < -0.4 is 4.74 Å². The van der Waals surface area contributed by atoms with Crippen molar-refractivity contribution in [2.45, 2.75) is 18.7 Å². The molecule has 6 rings (SSSR count). The minimum absolute atomic E-state index is 0.00920. The first-order valence-electron chi connectivity index (χ1n) is 10.3. The van der Waals surface area contributed by atoms with Gasteiger partial charge in [0.05, 0.1) is 16.8 Å². The monoisotopic (exact) mass is 522 g/mol. The quantitative estimate of drug-likeness (QED) is 0.265. The van der Waals surface area contributed by atoms with E-state index in [0.29, 0.717) is 15.8 Å². The van der Waals surface area contributed by atoms with Crippen molar-refractivity contribution in [3.05, 3.63) is 110 Å². The molecular weight excluding hydrogens is 507 g/mol. The van der Waals surface area contributed by atoms with Crippen LogP contribution in [0.25, 0.3) is 10.8 Å². The Kier molecular flexibility index (Phi) is 4.90. The van der Waals surface area contributed by atoms with Gasteiger partial charge in [-0.1, -0.05) is 87.7 Å². The lowest BCUT2D eigenvalue weighted by Crippen LogP contribution is -2.33. The lowest BCUT2D eigenvalue weighted by molar-refractivity contribution is -0.0189. The van der Waals surface area contributed by atoms with Gasteiger partial charge in [-0.3, -0.25) is 0 Å². The Morgan fingerprint density at radius 3 is 2.50 bits per heavy atom. The number of benzene rings is 4. The van der Waals surface area contributed by atoms with Crippen LogP contribution in [0, 0.1) is 0 Å². The SMILES string of the molecule is Clc1cc(Cl)c2c(c1)[C@@H]1CC(c3ccc4ccccc4c3)=NN1[C@@H](c1ccc(Br)cc1)O2. The standard InChI is InChI=1S/C26H17BrCl2N2O/c27-19-9-7-16(8-10-19)26-31-24(21-12-20(28)13-22(29)25(21)32-26)14-23(30-31)18-6-5-15-3-1-2-4-17(15)11-18/h1-13,24,26H,14H2/t24-,26+/m0/s1. The minimum atomic E-state index is -0.378. The molecule has 0 spiro atoms. The maximum Gasteiger partial charge on any atom is 0.213 e. The molecule has 2 aliphatic heterocycles. The van der Waals surface area contributed by atoms with E-state index in [0.717, 1.165) is 33.3 Å². The summed E-state index contributed by atoms with van der Waals surface area (Å²) in [5.41, 5.74) is 4.12. The van der Waals surface area contributed by atoms with Gasteiger partial charge in [-0.15, -0.1) is 0 Å². The zero-order valence-corrected chi connectivity index (χ0v) is 19.9. The average Bonchev–Trinajstić information content (AvgIpc) is 3.25. The highest BCUT2D eigenvalue weighted by atomic mass is 79.9. The first-order chi connectivity index (χ1) is 15.6. The van der Waals surface area contributed by atoms with E-state index in [1.165, 1.54) is 10.8 Å². The van der Waals surface area contributed by atoms with Gasteiger partial charge in [-0.25, -0.2) is 5.01 Å². The zero-order chi connectivity index (χ0) is 21.8. The van der Waals surface area contributed by atoms with Gasteiger partial charge in [-0.2, -0.15) is 5.10 Å². The highest BCUT2D eigenvalue weighted by Gasteiger charge is 2.42. The normalized spacial score (nSPS) is 19.3. The van der Waals surface area contributed by atoms with Crippen molar-refractivity contribution < 1.29 is 4.74 Å². The number of hydrogen-bond acceptors (Lipinski definition) is 3. The van der Waals surface area contributed by atoms with Crippen molar-refractivity contribution in [1.82, 2.24) is 5.01 Å². The molecule has 2 aliphatic rings. The molecule has 0 aliphatic carbocycles. The van der Waals surface area contributed by atoms with E-state index in [-0.39, 0.29) is 12.3 Å². The summed E-state index contributed by atoms with van der Waals surface area (Å²) in [4.78, 5) is 0. The molecule has 0 saturated carbocycles. The second kappa shape index (κ2) is 7.80. The molecule has 3 nitrogen and oxygen atoms in total. The summed E-state index contributed by atoms with van der Waals surface area (Å²) in [6, 6.07) is 26.6. The fraction of sp³-hybridized carbons (Fsp3) is 0.115. The maximum absolute atomic E-state index is 6.56. The van der Waals surface area contributed by atoms with Gasteiger partial charge in [0.1, 0.15) is 5.75 Å². The fourth-order valence-corrected chi connectivity index (χ4v) is 5.32. The van der Waals surface area contributed by atoms with Crippen LogP contribution in [0.2, 0.25) is 10.0 Å². The number of fused-ring (bicyclic) bond motifs is 4. The van der Waals surface area contributed by atoms with Crippen LogP contribution in [-0.4, -0.2) is 10.7 Å². The van der Waals surface area contributed by atoms with Gasteiger partial charge < -0.3 is 4.74 Å². The molecule has 0 N–H and O–H groups in total. The predicted octanol–water partition coefficient (Wildman–Crippen LogP) is 8.15. The number of halogens is 3. The summed E-state index contributed by atoms with van der Waals surface area (Å²) in [5.74, 6) is 0.681. The van der Waals surface area contributed by atoms with Crippen LogP contribution in [0.15, 0.2) is 88.4 Å². The van der Waals surface area contributed by atoms with Crippen molar-refractivity contribution in [1.29, 1.82) is 0 Å². The smallest absolute Gasteiger partial charge is 0.213 e. The van der Waals surface area contributed by atoms with Crippen LogP contribution >= 0.6 is 39.1 Å². The van der Waals surface area contributed by atoms with E-state index in [1.807, 2.05) is 35.3 Å². The summed E-state index contributed by atoms with van der Waals surface area (Å²) >= 11 is 16.4. The van der Waals surface area contributed by atoms with Crippen LogP contribution in [-0.2, 0) is 0 Å². The van der Waals surface area contributed by atoms with Crippen molar-refractivity contribution >= 4 is 55.6 Å². The molecule has 0 aromatic heterocycles. The number of nitrogens with zero attached hydrogens (tertiary/aromatic N) is 2. The molecule has 158 valence electrons. The second-order valence-corrected chi connectivity index (χ2v) is 9.80. The lowest BCUT2D eigenvalue weighted by atomic mass is 9.95. The lowest BCUT2D eigenvalue weighted by Gasteiger charge is -2.38. The molecule has 0 unspecified atom stereocenters. The Labute approximate surface area is 204 Å². The fourth-order valence-electron chi connectivity index (χ4n) is 4.51. The summed E-state index contributed by atoms with van der Waals surface area (Å²) in [6.07, 6.45) is 0.371. The van der Waals surface area contributed by atoms with E-state index in [4.69, 9.17) is 33.0 Å². The molecule has 0 radical (unpaired) electrons. The van der Waals surface area contributed by atoms with Gasteiger partial charge in [-0.05, 0) is 46.7 Å². The third kappa shape index (κ3) is 3.38. The first-order valence-corrected chi connectivity index (χ1v) is 11.9. The maximum atomic E-state index is 6.56. The van der Waals surface area contributed by atoms with Crippen LogP contribution in [0.3, 0.4) is 0 Å². The van der Waals surface area contributed by atoms with Gasteiger partial charge in [0, 0.05) is 27.0 Å². The Morgan fingerprint density at radius 1 is 0.906 bits per heavy atom. The molecule has 0 amide bonds. The molecule has 4 aromatic rings.